The summed E-state index contributed by atoms with van der Waals surface area (Å²) in [6.45, 7) is 0. The van der Waals surface area contributed by atoms with Gasteiger partial charge in [-0.25, -0.2) is 0 Å². The van der Waals surface area contributed by atoms with Gasteiger partial charge in [0, 0.05) is 44.2 Å². The molecule has 3 nitrogen and oxygen atoms in total. The number of benzene rings is 10. The molecule has 0 aliphatic heterocycles. The Balaban J connectivity index is 0.988. The van der Waals surface area contributed by atoms with E-state index >= 15 is 0 Å². The first-order valence-electron chi connectivity index (χ1n) is 22.0. The highest BCUT2D eigenvalue weighted by molar-refractivity contribution is 6.11. The number of anilines is 3. The van der Waals surface area contributed by atoms with Crippen molar-refractivity contribution in [3.8, 4) is 44.5 Å². The van der Waals surface area contributed by atoms with Gasteiger partial charge in [-0.1, -0.05) is 164 Å². The molecule has 64 heavy (non-hydrogen) atoms. The molecule has 0 atom stereocenters. The number of para-hydroxylation sites is 3. The Morgan fingerprint density at radius 3 is 1.52 bits per heavy atom. The van der Waals surface area contributed by atoms with Crippen molar-refractivity contribution < 1.29 is 8.83 Å². The molecule has 0 bridgehead atoms. The average Bonchev–Trinajstić information content (AvgIpc) is 4.09. The average molecular weight is 816 g/mol. The van der Waals surface area contributed by atoms with Crippen LogP contribution in [-0.2, 0) is 5.41 Å². The van der Waals surface area contributed by atoms with Crippen LogP contribution in [0.15, 0.2) is 233 Å². The fraction of sp³-hybridized carbons (Fsp3) is 0.0164. The third-order valence-electron chi connectivity index (χ3n) is 13.9. The smallest absolute Gasteiger partial charge is 0.143 e. The summed E-state index contributed by atoms with van der Waals surface area (Å²) in [5, 5.41) is 4.53. The van der Waals surface area contributed by atoms with Crippen molar-refractivity contribution in [1.29, 1.82) is 0 Å². The quantitative estimate of drug-likeness (QED) is 0.173. The van der Waals surface area contributed by atoms with Gasteiger partial charge in [-0.15, -0.1) is 0 Å². The second-order valence-corrected chi connectivity index (χ2v) is 17.1. The van der Waals surface area contributed by atoms with Crippen LogP contribution in [0.5, 0.6) is 0 Å². The summed E-state index contributed by atoms with van der Waals surface area (Å²) in [5.74, 6) is 0. The molecule has 14 rings (SSSR count). The van der Waals surface area contributed by atoms with Gasteiger partial charge in [0.15, 0.2) is 0 Å². The van der Waals surface area contributed by atoms with Crippen molar-refractivity contribution in [3.05, 3.63) is 247 Å². The molecular formula is C61H37NO2. The SMILES string of the molecule is c1ccc(-c2ccc(N(c3ccc(-c4cccc5c4oc4ccccc45)cc3)c3ccc4c(c3)C3(c5ccccc5-c5ccccc53)c3cc5oc6ccccc6c5cc3-4)cc2)cc1. The van der Waals surface area contributed by atoms with Crippen LogP contribution in [0.3, 0.4) is 0 Å². The minimum atomic E-state index is -0.557. The van der Waals surface area contributed by atoms with Crippen LogP contribution in [-0.4, -0.2) is 0 Å². The Bertz CT molecular complexity index is 3790. The molecule has 298 valence electrons. The molecule has 2 aliphatic rings. The summed E-state index contributed by atoms with van der Waals surface area (Å²) in [6.07, 6.45) is 0. The summed E-state index contributed by atoms with van der Waals surface area (Å²) >= 11 is 0. The highest BCUT2D eigenvalue weighted by Gasteiger charge is 2.52. The zero-order chi connectivity index (χ0) is 41.9. The summed E-state index contributed by atoms with van der Waals surface area (Å²) < 4.78 is 13.1. The van der Waals surface area contributed by atoms with Crippen LogP contribution in [0.25, 0.3) is 88.4 Å². The lowest BCUT2D eigenvalue weighted by Gasteiger charge is -2.32. The van der Waals surface area contributed by atoms with Gasteiger partial charge in [-0.3, -0.25) is 0 Å². The molecular weight excluding hydrogens is 779 g/mol. The monoisotopic (exact) mass is 815 g/mol. The Morgan fingerprint density at radius 2 is 0.797 bits per heavy atom. The number of furan rings is 2. The number of fused-ring (bicyclic) bond motifs is 16. The van der Waals surface area contributed by atoms with E-state index in [9.17, 15) is 0 Å². The van der Waals surface area contributed by atoms with E-state index < -0.39 is 5.41 Å². The van der Waals surface area contributed by atoms with Gasteiger partial charge in [-0.2, -0.15) is 0 Å². The van der Waals surface area contributed by atoms with Crippen LogP contribution in [0.4, 0.5) is 17.1 Å². The van der Waals surface area contributed by atoms with Crippen molar-refractivity contribution in [1.82, 2.24) is 0 Å². The van der Waals surface area contributed by atoms with E-state index in [2.05, 4.69) is 217 Å². The third-order valence-corrected chi connectivity index (χ3v) is 13.9. The Hall–Kier alpha value is -8.40. The van der Waals surface area contributed by atoms with Crippen LogP contribution < -0.4 is 4.90 Å². The lowest BCUT2D eigenvalue weighted by Crippen LogP contribution is -2.26. The van der Waals surface area contributed by atoms with E-state index in [1.807, 2.05) is 12.1 Å². The molecule has 1 spiro atoms. The standard InChI is InChI=1S/C61H37NO2/c1-2-13-38(14-3-1)39-25-29-41(30-26-39)62(42-31-27-40(28-32-42)44-19-12-20-50-48-17-6-11-24-58(48)64-60(44)50)43-33-34-47-51-36-52-49-18-7-10-23-57(49)63-59(52)37-56(51)61(55(47)35-43)53-21-8-4-15-45(53)46-16-5-9-22-54(46)61/h1-37H. The second kappa shape index (κ2) is 13.3. The Morgan fingerprint density at radius 1 is 0.281 bits per heavy atom. The van der Waals surface area contributed by atoms with Crippen molar-refractivity contribution in [2.75, 3.05) is 4.90 Å². The van der Waals surface area contributed by atoms with E-state index in [1.165, 1.54) is 55.6 Å². The topological polar surface area (TPSA) is 29.5 Å². The van der Waals surface area contributed by atoms with Crippen LogP contribution in [0.1, 0.15) is 22.3 Å². The predicted octanol–water partition coefficient (Wildman–Crippen LogP) is 16.6. The first-order valence-corrected chi connectivity index (χ1v) is 22.0. The fourth-order valence-corrected chi connectivity index (χ4v) is 11.1. The molecule has 0 amide bonds. The van der Waals surface area contributed by atoms with E-state index in [4.69, 9.17) is 8.83 Å². The lowest BCUT2D eigenvalue weighted by molar-refractivity contribution is 0.666. The van der Waals surface area contributed by atoms with Gasteiger partial charge < -0.3 is 13.7 Å². The largest absolute Gasteiger partial charge is 0.456 e. The summed E-state index contributed by atoms with van der Waals surface area (Å²) in [4.78, 5) is 2.41. The molecule has 2 aromatic heterocycles. The first-order chi connectivity index (χ1) is 31.7. The van der Waals surface area contributed by atoms with Gasteiger partial charge in [0.25, 0.3) is 0 Å². The van der Waals surface area contributed by atoms with Gasteiger partial charge in [0.05, 0.1) is 5.41 Å². The number of hydrogen-bond donors (Lipinski definition) is 0. The number of rotatable bonds is 5. The molecule has 2 aliphatic carbocycles. The Labute approximate surface area is 369 Å². The molecule has 0 saturated carbocycles. The maximum Gasteiger partial charge on any atom is 0.143 e. The molecule has 0 radical (unpaired) electrons. The minimum Gasteiger partial charge on any atom is -0.456 e. The van der Waals surface area contributed by atoms with Gasteiger partial charge in [0.1, 0.15) is 22.3 Å². The molecule has 3 heteroatoms. The molecule has 10 aromatic carbocycles. The lowest BCUT2D eigenvalue weighted by atomic mass is 9.70. The molecule has 0 unspecified atom stereocenters. The normalized spacial score (nSPS) is 13.1. The Kier molecular flexibility index (Phi) is 7.32. The molecule has 2 heterocycles. The van der Waals surface area contributed by atoms with Gasteiger partial charge in [-0.05, 0) is 122 Å². The van der Waals surface area contributed by atoms with Crippen LogP contribution in [0.2, 0.25) is 0 Å². The van der Waals surface area contributed by atoms with Gasteiger partial charge >= 0.3 is 0 Å². The molecule has 0 fully saturated rings. The van der Waals surface area contributed by atoms with E-state index in [0.717, 1.165) is 72.1 Å². The third kappa shape index (κ3) is 4.86. The minimum absolute atomic E-state index is 0.557. The zero-order valence-corrected chi connectivity index (χ0v) is 34.6. The summed E-state index contributed by atoms with van der Waals surface area (Å²) in [6, 6.07) is 81.5. The van der Waals surface area contributed by atoms with E-state index in [1.54, 1.807) is 0 Å². The highest BCUT2D eigenvalue weighted by Crippen LogP contribution is 2.64. The van der Waals surface area contributed by atoms with Crippen LogP contribution in [0, 0.1) is 0 Å². The highest BCUT2D eigenvalue weighted by atomic mass is 16.3. The first kappa shape index (κ1) is 35.2. The second-order valence-electron chi connectivity index (χ2n) is 17.1. The van der Waals surface area contributed by atoms with Crippen molar-refractivity contribution in [3.63, 3.8) is 0 Å². The van der Waals surface area contributed by atoms with Crippen LogP contribution >= 0.6 is 0 Å². The molecule has 0 saturated heterocycles. The fourth-order valence-electron chi connectivity index (χ4n) is 11.1. The number of hydrogen-bond acceptors (Lipinski definition) is 3. The maximum absolute atomic E-state index is 6.64. The van der Waals surface area contributed by atoms with Gasteiger partial charge in [0.2, 0.25) is 0 Å². The zero-order valence-electron chi connectivity index (χ0n) is 34.6. The van der Waals surface area contributed by atoms with Crippen molar-refractivity contribution in [2.24, 2.45) is 0 Å². The predicted molar refractivity (Wildman–Crippen MR) is 263 cm³/mol. The van der Waals surface area contributed by atoms with E-state index in [0.29, 0.717) is 0 Å². The van der Waals surface area contributed by atoms with E-state index in [-0.39, 0.29) is 0 Å². The molecule has 0 N–H and O–H groups in total. The van der Waals surface area contributed by atoms with Crippen molar-refractivity contribution in [2.45, 2.75) is 5.41 Å². The number of nitrogens with zero attached hydrogens (tertiary/aromatic N) is 1. The summed E-state index contributed by atoms with van der Waals surface area (Å²) in [5.41, 5.74) is 21.0. The summed E-state index contributed by atoms with van der Waals surface area (Å²) in [7, 11) is 0. The molecule has 12 aromatic rings. The maximum atomic E-state index is 6.64. The van der Waals surface area contributed by atoms with Crippen molar-refractivity contribution >= 4 is 60.9 Å².